The van der Waals surface area contributed by atoms with E-state index in [9.17, 15) is 45.1 Å². The van der Waals surface area contributed by atoms with E-state index in [4.69, 9.17) is 18.9 Å². The number of ether oxygens (including phenoxy) is 4. The molecule has 0 aromatic heterocycles. The van der Waals surface area contributed by atoms with Crippen LogP contribution in [0.2, 0.25) is 0 Å². The Morgan fingerprint density at radius 2 is 0.368 bits per heavy atom. The van der Waals surface area contributed by atoms with E-state index in [1.54, 1.807) is 0 Å². The second-order valence-corrected chi connectivity index (χ2v) is 38.3. The minimum Gasteiger partial charge on any atom is -0.744 e. The number of carbonyl (C=O) groups excluding carboxylic acids is 4. The third-order valence-electron chi connectivity index (χ3n) is 23.9. The fourth-order valence-electron chi connectivity index (χ4n) is 16.2. The van der Waals surface area contributed by atoms with Crippen LogP contribution in [0.1, 0.15) is 557 Å². The van der Waals surface area contributed by atoms with E-state index in [-0.39, 0.29) is 75.3 Å². The van der Waals surface area contributed by atoms with Crippen molar-refractivity contribution < 1.29 is 64.1 Å². The molecule has 0 aliphatic carbocycles. The first-order valence-electron chi connectivity index (χ1n) is 52.1. The van der Waals surface area contributed by atoms with Gasteiger partial charge in [0.2, 0.25) is 0 Å². The van der Waals surface area contributed by atoms with Gasteiger partial charge in [-0.05, 0) is 127 Å². The molecule has 0 amide bonds. The van der Waals surface area contributed by atoms with Crippen LogP contribution in [-0.2, 0) is 39.2 Å². The minimum absolute atomic E-state index is 0. The van der Waals surface area contributed by atoms with Gasteiger partial charge in [-0.3, -0.25) is 0 Å². The molecule has 0 saturated carbocycles. The van der Waals surface area contributed by atoms with E-state index in [1.807, 2.05) is 0 Å². The summed E-state index contributed by atoms with van der Waals surface area (Å²) in [5, 5.41) is 0. The largest absolute Gasteiger partial charge is 2.00 e. The van der Waals surface area contributed by atoms with Crippen molar-refractivity contribution in [3.63, 3.8) is 0 Å². The second kappa shape index (κ2) is 92.2. The van der Waals surface area contributed by atoms with Gasteiger partial charge < -0.3 is 28.1 Å². The molecule has 0 N–H and O–H groups in total. The van der Waals surface area contributed by atoms with Crippen molar-refractivity contribution in [3.8, 4) is 0 Å². The molecule has 0 heterocycles. The molecule has 0 aliphatic heterocycles. The molecule has 125 heavy (non-hydrogen) atoms. The summed E-state index contributed by atoms with van der Waals surface area (Å²) in [6, 6.07) is 7.30. The third-order valence-corrected chi connectivity index (χ3v) is 25.7. The smallest absolute Gasteiger partial charge is 0.744 e. The maximum Gasteiger partial charge on any atom is 2.00 e. The van der Waals surface area contributed by atoms with E-state index in [0.717, 1.165) is 89.2 Å². The molecule has 716 valence electrons. The first kappa shape index (κ1) is 121. The summed E-state index contributed by atoms with van der Waals surface area (Å²) in [7, 11) is -10.0. The Morgan fingerprint density at radius 3 is 0.528 bits per heavy atom. The van der Waals surface area contributed by atoms with Crippen molar-refractivity contribution in [1.82, 2.24) is 0 Å². The average molecular weight is 1810 g/mol. The molecule has 2 rings (SSSR count). The molecule has 0 spiro atoms. The summed E-state index contributed by atoms with van der Waals surface area (Å²) in [5.74, 6) is -3.60. The van der Waals surface area contributed by atoms with Gasteiger partial charge >= 0.3 is 61.6 Å². The van der Waals surface area contributed by atoms with Gasteiger partial charge in [0.05, 0.1) is 58.5 Å². The SMILES string of the molecule is CCC/C=C/CCCCCCCCCCCCCCCCCCOC(=O)c1cccc(S(=O)(=O)[O-])c1C(=O)OCCCCCCCCCCCCCCCCCC/C=C/CCC.CCC/C=C/CCCCCCCCCCCCCCCCCCOC(=O)c1cccc(S(=O)(=O)[O-])c1C(=O)OCCCCCCCCCCCCCCCCCC/C=C/CCC.[Ca+2]. The van der Waals surface area contributed by atoms with Gasteiger partial charge in [-0.25, -0.2) is 36.0 Å². The Morgan fingerprint density at radius 1 is 0.224 bits per heavy atom. The van der Waals surface area contributed by atoms with Crippen LogP contribution < -0.4 is 0 Å². The predicted molar refractivity (Wildman–Crippen MR) is 526 cm³/mol. The maximum atomic E-state index is 13.1. The molecule has 2 aromatic carbocycles. The number of unbranched alkanes of at least 4 members (excludes halogenated alkanes) is 68. The number of hydrogen-bond acceptors (Lipinski definition) is 14. The molecular formula is C108H186CaO14S2. The molecule has 0 atom stereocenters. The van der Waals surface area contributed by atoms with E-state index < -0.39 is 65.0 Å². The first-order chi connectivity index (χ1) is 60.6. The zero-order chi connectivity index (χ0) is 90.1. The standard InChI is InChI=1S/2C54H94O7S.Ca/c2*1-3-5-7-9-11-13-15-17-19-21-23-25-27-29-31-33-35-37-39-41-43-48-60-53(55)50-46-45-47-51(62(57,58)59)52(50)54(56)61-49-44-42-40-38-36-34-32-30-28-26-24-22-20-18-16-14-12-10-8-6-4-2;/h2*7-10,45-47H,3-6,11-44,48-49H2,1-2H3,(H,57,58,59);/q;;+2/p-2/b2*9-7+,10-8+;. The van der Waals surface area contributed by atoms with Crippen LogP contribution >= 0.6 is 0 Å². The number of hydrogen-bond donors (Lipinski definition) is 0. The topological polar surface area (TPSA) is 220 Å². The van der Waals surface area contributed by atoms with Crippen LogP contribution in [0, 0.1) is 0 Å². The van der Waals surface area contributed by atoms with Crippen LogP contribution in [-0.4, -0.2) is 114 Å². The van der Waals surface area contributed by atoms with Crippen molar-refractivity contribution in [2.45, 2.75) is 525 Å². The van der Waals surface area contributed by atoms with Crippen LogP contribution in [0.25, 0.3) is 0 Å². The van der Waals surface area contributed by atoms with Gasteiger partial charge in [-0.15, -0.1) is 0 Å². The van der Waals surface area contributed by atoms with Crippen molar-refractivity contribution >= 4 is 81.9 Å². The van der Waals surface area contributed by atoms with Crippen molar-refractivity contribution in [1.29, 1.82) is 0 Å². The summed E-state index contributed by atoms with van der Waals surface area (Å²) < 4.78 is 93.9. The van der Waals surface area contributed by atoms with Crippen LogP contribution in [0.3, 0.4) is 0 Å². The fourth-order valence-corrected chi connectivity index (χ4v) is 17.5. The number of allylic oxidation sites excluding steroid dienone is 8. The molecule has 0 saturated heterocycles. The zero-order valence-corrected chi connectivity index (χ0v) is 84.7. The number of rotatable bonds is 90. The summed E-state index contributed by atoms with van der Waals surface area (Å²) in [6.07, 6.45) is 112. The monoisotopic (exact) mass is 1810 g/mol. The third kappa shape index (κ3) is 76.6. The molecule has 2 aromatic rings. The minimum atomic E-state index is -5.02. The molecule has 0 bridgehead atoms. The van der Waals surface area contributed by atoms with E-state index in [2.05, 4.69) is 76.3 Å². The Kier molecular flexibility index (Phi) is 89.5. The number of benzene rings is 2. The van der Waals surface area contributed by atoms with Gasteiger partial charge in [0, 0.05) is 0 Å². The molecule has 0 unspecified atom stereocenters. The van der Waals surface area contributed by atoms with Gasteiger partial charge in [0.25, 0.3) is 0 Å². The molecule has 0 fully saturated rings. The van der Waals surface area contributed by atoms with E-state index in [1.165, 1.54) is 410 Å². The Labute approximate surface area is 798 Å². The van der Waals surface area contributed by atoms with E-state index >= 15 is 0 Å². The summed E-state index contributed by atoms with van der Waals surface area (Å²) in [5.41, 5.74) is -1.54. The molecule has 14 nitrogen and oxygen atoms in total. The van der Waals surface area contributed by atoms with Gasteiger partial charge in [-0.2, -0.15) is 0 Å². The van der Waals surface area contributed by atoms with E-state index in [0.29, 0.717) is 25.7 Å². The van der Waals surface area contributed by atoms with Crippen LogP contribution in [0.15, 0.2) is 94.8 Å². The van der Waals surface area contributed by atoms with Gasteiger partial charge in [0.15, 0.2) is 0 Å². The van der Waals surface area contributed by atoms with Gasteiger partial charge in [-0.1, -0.05) is 474 Å². The molecule has 0 aliphatic rings. The van der Waals surface area contributed by atoms with Gasteiger partial charge in [0.1, 0.15) is 20.2 Å². The Bertz CT molecular complexity index is 2950. The van der Waals surface area contributed by atoms with Crippen LogP contribution in [0.4, 0.5) is 0 Å². The summed E-state index contributed by atoms with van der Waals surface area (Å²) in [6.45, 7) is 9.41. The Hall–Kier alpha value is -3.64. The number of esters is 4. The average Bonchev–Trinajstić information content (AvgIpc) is 0.795. The fraction of sp³-hybridized carbons (Fsp3) is 0.778. The Balaban J connectivity index is 0.00000244. The summed E-state index contributed by atoms with van der Waals surface area (Å²) >= 11 is 0. The molecule has 17 heteroatoms. The van der Waals surface area contributed by atoms with Crippen molar-refractivity contribution in [2.75, 3.05) is 26.4 Å². The summed E-state index contributed by atoms with van der Waals surface area (Å²) in [4.78, 5) is 50.7. The second-order valence-electron chi connectivity index (χ2n) is 35.6. The van der Waals surface area contributed by atoms with Crippen molar-refractivity contribution in [2.24, 2.45) is 0 Å². The van der Waals surface area contributed by atoms with Crippen molar-refractivity contribution in [3.05, 3.63) is 107 Å². The quantitative estimate of drug-likeness (QED) is 0.0150. The number of carbonyl (C=O) groups is 4. The normalized spacial score (nSPS) is 11.8. The maximum absolute atomic E-state index is 13.1. The molecule has 0 radical (unpaired) electrons. The van der Waals surface area contributed by atoms with Crippen LogP contribution in [0.5, 0.6) is 0 Å². The predicted octanol–water partition coefficient (Wildman–Crippen LogP) is 33.4. The molecular weight excluding hydrogens is 1630 g/mol. The zero-order valence-electron chi connectivity index (χ0n) is 80.9. The first-order valence-corrected chi connectivity index (χ1v) is 54.9.